The lowest BCUT2D eigenvalue weighted by atomic mass is 9.99. The zero-order valence-corrected chi connectivity index (χ0v) is 15.8. The Kier molecular flexibility index (Phi) is 8.07. The highest BCUT2D eigenvalue weighted by molar-refractivity contribution is 6.02. The number of Topliss-reactive ketones (excluding diaryl/α,β-unsaturated/α-hetero) is 2. The third-order valence-electron chi connectivity index (χ3n) is 4.59. The molecule has 0 unspecified atom stereocenters. The summed E-state index contributed by atoms with van der Waals surface area (Å²) in [6.45, 7) is 2.21. The summed E-state index contributed by atoms with van der Waals surface area (Å²) in [6.07, 6.45) is 6.48. The van der Waals surface area contributed by atoms with E-state index in [0.29, 0.717) is 16.9 Å². The number of ketones is 2. The molecule has 0 N–H and O–H groups in total. The number of carbonyl (C=O) groups excluding carboxylic acids is 2. The third-order valence-corrected chi connectivity index (χ3v) is 4.59. The van der Waals surface area contributed by atoms with E-state index in [1.807, 2.05) is 24.3 Å². The number of rotatable bonds is 11. The van der Waals surface area contributed by atoms with Crippen molar-refractivity contribution in [2.24, 2.45) is 0 Å². The van der Waals surface area contributed by atoms with Gasteiger partial charge >= 0.3 is 0 Å². The molecule has 0 amide bonds. The maximum absolute atomic E-state index is 12.3. The van der Waals surface area contributed by atoms with Crippen LogP contribution in [0.15, 0.2) is 48.5 Å². The van der Waals surface area contributed by atoms with Crippen LogP contribution in [0.3, 0.4) is 0 Å². The predicted molar refractivity (Wildman–Crippen MR) is 105 cm³/mol. The molecule has 0 aliphatic rings. The molecule has 0 aliphatic heterocycles. The molecule has 2 rings (SSSR count). The molecule has 0 aliphatic carbocycles. The van der Waals surface area contributed by atoms with Gasteiger partial charge < -0.3 is 4.74 Å². The van der Waals surface area contributed by atoms with Crippen molar-refractivity contribution < 1.29 is 14.3 Å². The van der Waals surface area contributed by atoms with Crippen molar-refractivity contribution in [2.75, 3.05) is 7.11 Å². The minimum absolute atomic E-state index is 0.0180. The van der Waals surface area contributed by atoms with E-state index < -0.39 is 0 Å². The van der Waals surface area contributed by atoms with Crippen LogP contribution in [-0.4, -0.2) is 18.7 Å². The fourth-order valence-corrected chi connectivity index (χ4v) is 2.91. The number of carbonyl (C=O) groups is 2. The molecule has 138 valence electrons. The molecule has 2 aromatic carbocycles. The second kappa shape index (κ2) is 10.5. The van der Waals surface area contributed by atoms with Gasteiger partial charge in [-0.1, -0.05) is 50.5 Å². The van der Waals surface area contributed by atoms with Gasteiger partial charge in [-0.25, -0.2) is 0 Å². The third kappa shape index (κ3) is 6.14. The molecule has 0 bridgehead atoms. The van der Waals surface area contributed by atoms with Crippen molar-refractivity contribution in [3.8, 4) is 5.75 Å². The highest BCUT2D eigenvalue weighted by Gasteiger charge is 2.11. The van der Waals surface area contributed by atoms with Crippen LogP contribution in [0.25, 0.3) is 0 Å². The summed E-state index contributed by atoms with van der Waals surface area (Å²) in [5.41, 5.74) is 2.57. The van der Waals surface area contributed by atoms with Gasteiger partial charge in [0.25, 0.3) is 0 Å². The average Bonchev–Trinajstić information content (AvgIpc) is 2.69. The van der Waals surface area contributed by atoms with E-state index in [1.165, 1.54) is 31.2 Å². The van der Waals surface area contributed by atoms with Gasteiger partial charge in [0.1, 0.15) is 5.75 Å². The second-order valence-electron chi connectivity index (χ2n) is 6.58. The fraction of sp³-hybridized carbons (Fsp3) is 0.391. The zero-order valence-electron chi connectivity index (χ0n) is 15.8. The van der Waals surface area contributed by atoms with E-state index in [-0.39, 0.29) is 24.4 Å². The monoisotopic (exact) mass is 352 g/mol. The molecule has 0 saturated heterocycles. The number of methoxy groups -OCH3 is 1. The first-order valence-corrected chi connectivity index (χ1v) is 9.43. The van der Waals surface area contributed by atoms with Crippen LogP contribution in [0.2, 0.25) is 0 Å². The van der Waals surface area contributed by atoms with Gasteiger partial charge in [0.2, 0.25) is 0 Å². The number of ether oxygens (including phenoxy) is 1. The van der Waals surface area contributed by atoms with E-state index >= 15 is 0 Å². The number of hydrogen-bond acceptors (Lipinski definition) is 3. The van der Waals surface area contributed by atoms with Crippen molar-refractivity contribution in [3.05, 3.63) is 65.2 Å². The Bertz CT molecular complexity index is 699. The minimum Gasteiger partial charge on any atom is -0.497 e. The smallest absolute Gasteiger partial charge is 0.163 e. The Morgan fingerprint density at radius 1 is 0.769 bits per heavy atom. The maximum atomic E-state index is 12.3. The van der Waals surface area contributed by atoms with Crippen LogP contribution in [0.5, 0.6) is 5.75 Å². The number of benzene rings is 2. The van der Waals surface area contributed by atoms with E-state index in [1.54, 1.807) is 31.4 Å². The maximum Gasteiger partial charge on any atom is 0.163 e. The first-order chi connectivity index (χ1) is 12.6. The minimum atomic E-state index is -0.0199. The van der Waals surface area contributed by atoms with Gasteiger partial charge in [-0.15, -0.1) is 0 Å². The molecule has 2 aromatic rings. The Hall–Kier alpha value is -2.42. The molecular formula is C23H28O3. The molecule has 0 atom stereocenters. The summed E-state index contributed by atoms with van der Waals surface area (Å²) in [4.78, 5) is 24.5. The van der Waals surface area contributed by atoms with E-state index in [2.05, 4.69) is 6.92 Å². The summed E-state index contributed by atoms with van der Waals surface area (Å²) in [5, 5.41) is 0. The van der Waals surface area contributed by atoms with Crippen LogP contribution in [0, 0.1) is 0 Å². The molecule has 3 nitrogen and oxygen atoms in total. The first-order valence-electron chi connectivity index (χ1n) is 9.43. The first kappa shape index (κ1) is 19.9. The lowest BCUT2D eigenvalue weighted by molar-refractivity contribution is 0.0917. The highest BCUT2D eigenvalue weighted by Crippen LogP contribution is 2.15. The standard InChI is InChI=1S/C23H28O3/c1-3-4-5-6-7-18-8-10-19(11-9-18)22(24)16-17-23(25)20-12-14-21(26-2)15-13-20/h8-15H,3-7,16-17H2,1-2H3. The summed E-state index contributed by atoms with van der Waals surface area (Å²) in [7, 11) is 1.59. The van der Waals surface area contributed by atoms with Crippen LogP contribution in [0.4, 0.5) is 0 Å². The van der Waals surface area contributed by atoms with Crippen molar-refractivity contribution >= 4 is 11.6 Å². The van der Waals surface area contributed by atoms with Crippen molar-refractivity contribution in [1.29, 1.82) is 0 Å². The van der Waals surface area contributed by atoms with Gasteiger partial charge in [-0.05, 0) is 42.7 Å². The summed E-state index contributed by atoms with van der Waals surface area (Å²) >= 11 is 0. The summed E-state index contributed by atoms with van der Waals surface area (Å²) in [5.74, 6) is 0.713. The lowest BCUT2D eigenvalue weighted by Gasteiger charge is -2.05. The predicted octanol–water partition coefficient (Wildman–Crippen LogP) is 5.66. The molecule has 0 aromatic heterocycles. The highest BCUT2D eigenvalue weighted by atomic mass is 16.5. The average molecular weight is 352 g/mol. The Balaban J connectivity index is 1.82. The number of hydrogen-bond donors (Lipinski definition) is 0. The molecular weight excluding hydrogens is 324 g/mol. The van der Waals surface area contributed by atoms with Crippen LogP contribution in [-0.2, 0) is 6.42 Å². The largest absolute Gasteiger partial charge is 0.497 e. The molecule has 0 radical (unpaired) electrons. The van der Waals surface area contributed by atoms with Crippen LogP contribution < -0.4 is 4.74 Å². The second-order valence-corrected chi connectivity index (χ2v) is 6.58. The normalized spacial score (nSPS) is 10.5. The number of unbranched alkanes of at least 4 members (excludes halogenated alkanes) is 3. The Morgan fingerprint density at radius 3 is 1.81 bits per heavy atom. The van der Waals surface area contributed by atoms with E-state index in [9.17, 15) is 9.59 Å². The SMILES string of the molecule is CCCCCCc1ccc(C(=O)CCC(=O)c2ccc(OC)cc2)cc1. The Labute approximate surface area is 156 Å². The zero-order chi connectivity index (χ0) is 18.8. The van der Waals surface area contributed by atoms with Crippen molar-refractivity contribution in [3.63, 3.8) is 0 Å². The summed E-state index contributed by atoms with van der Waals surface area (Å²) in [6, 6.07) is 14.8. The van der Waals surface area contributed by atoms with Crippen LogP contribution >= 0.6 is 0 Å². The van der Waals surface area contributed by atoms with E-state index in [4.69, 9.17) is 4.74 Å². The van der Waals surface area contributed by atoms with Crippen molar-refractivity contribution in [2.45, 2.75) is 51.9 Å². The van der Waals surface area contributed by atoms with Gasteiger partial charge in [-0.3, -0.25) is 9.59 Å². The van der Waals surface area contributed by atoms with Gasteiger partial charge in [0.15, 0.2) is 11.6 Å². The molecule has 0 saturated carbocycles. The van der Waals surface area contributed by atoms with Gasteiger partial charge in [-0.2, -0.15) is 0 Å². The number of aryl methyl sites for hydroxylation is 1. The van der Waals surface area contributed by atoms with Crippen LogP contribution in [0.1, 0.15) is 71.7 Å². The fourth-order valence-electron chi connectivity index (χ4n) is 2.91. The summed E-state index contributed by atoms with van der Waals surface area (Å²) < 4.78 is 5.09. The van der Waals surface area contributed by atoms with Crippen molar-refractivity contribution in [1.82, 2.24) is 0 Å². The van der Waals surface area contributed by atoms with Gasteiger partial charge in [0, 0.05) is 24.0 Å². The lowest BCUT2D eigenvalue weighted by Crippen LogP contribution is -2.05. The quantitative estimate of drug-likeness (QED) is 0.387. The molecule has 0 spiro atoms. The molecule has 0 fully saturated rings. The van der Waals surface area contributed by atoms with Gasteiger partial charge in [0.05, 0.1) is 7.11 Å². The molecule has 0 heterocycles. The molecule has 3 heteroatoms. The topological polar surface area (TPSA) is 43.4 Å². The van der Waals surface area contributed by atoms with E-state index in [0.717, 1.165) is 6.42 Å². The Morgan fingerprint density at radius 2 is 1.31 bits per heavy atom. The molecule has 26 heavy (non-hydrogen) atoms.